The third-order valence-electron chi connectivity index (χ3n) is 3.89. The number of fused-ring (bicyclic) bond motifs is 1. The Morgan fingerprint density at radius 3 is 2.35 bits per heavy atom. The maximum absolute atomic E-state index is 5.59. The molecule has 1 saturated heterocycles. The summed E-state index contributed by atoms with van der Waals surface area (Å²) in [6.07, 6.45) is 10.6. The van der Waals surface area contributed by atoms with Crippen molar-refractivity contribution in [2.45, 2.75) is 51.4 Å². The molecule has 0 unspecified atom stereocenters. The van der Waals surface area contributed by atoms with Crippen molar-refractivity contribution in [1.82, 2.24) is 4.68 Å². The predicted molar refractivity (Wildman–Crippen MR) is 76.2 cm³/mol. The number of hydrogen-bond donors (Lipinski definition) is 0. The Bertz CT molecular complexity index is 439. The Labute approximate surface area is 112 Å². The maximum atomic E-state index is 5.59. The Morgan fingerprint density at radius 2 is 1.59 bits per heavy atom. The van der Waals surface area contributed by atoms with Crippen molar-refractivity contribution in [2.75, 3.05) is 18.1 Å². The molecule has 0 amide bonds. The van der Waals surface area contributed by atoms with Gasteiger partial charge in [0.05, 0.1) is 5.69 Å². The van der Waals surface area contributed by atoms with E-state index in [-0.39, 0.29) is 0 Å². The average molecular weight is 268 g/mol. The van der Waals surface area contributed by atoms with Crippen LogP contribution in [0, 0.1) is 3.95 Å². The summed E-state index contributed by atoms with van der Waals surface area (Å²) in [5.41, 5.74) is 1.54. The summed E-state index contributed by atoms with van der Waals surface area (Å²) >= 11 is 7.44. The van der Waals surface area contributed by atoms with Gasteiger partial charge in [-0.1, -0.05) is 12.8 Å². The fourth-order valence-corrected chi connectivity index (χ4v) is 4.60. The lowest BCUT2D eigenvalue weighted by Gasteiger charge is -2.27. The quantitative estimate of drug-likeness (QED) is 0.718. The van der Waals surface area contributed by atoms with Crippen molar-refractivity contribution in [3.05, 3.63) is 14.5 Å². The minimum atomic E-state index is 1.08. The molecular weight excluding hydrogens is 248 g/mol. The lowest BCUT2D eigenvalue weighted by Crippen LogP contribution is -2.37. The number of aromatic nitrogens is 1. The van der Waals surface area contributed by atoms with Gasteiger partial charge in [0.15, 0.2) is 3.95 Å². The van der Waals surface area contributed by atoms with E-state index in [1.54, 1.807) is 4.88 Å². The predicted octanol–water partition coefficient (Wildman–Crippen LogP) is 3.67. The number of nitrogens with zero attached hydrogens (tertiary/aromatic N) is 2. The zero-order chi connectivity index (χ0) is 11.7. The van der Waals surface area contributed by atoms with Gasteiger partial charge in [-0.2, -0.15) is 0 Å². The summed E-state index contributed by atoms with van der Waals surface area (Å²) in [6.45, 7) is 2.38. The van der Waals surface area contributed by atoms with Gasteiger partial charge in [0.25, 0.3) is 0 Å². The van der Waals surface area contributed by atoms with Gasteiger partial charge in [-0.25, -0.2) is 4.68 Å². The molecule has 0 bridgehead atoms. The number of aryl methyl sites for hydroxylation is 1. The Hall–Kier alpha value is -0.350. The van der Waals surface area contributed by atoms with E-state index in [1.165, 1.54) is 70.2 Å². The molecule has 0 spiro atoms. The number of rotatable bonds is 1. The van der Waals surface area contributed by atoms with E-state index in [0.29, 0.717) is 0 Å². The van der Waals surface area contributed by atoms with Crippen LogP contribution in [0.4, 0.5) is 0 Å². The highest BCUT2D eigenvalue weighted by Crippen LogP contribution is 2.28. The van der Waals surface area contributed by atoms with Gasteiger partial charge < -0.3 is 5.01 Å². The first-order valence-electron chi connectivity index (χ1n) is 6.85. The lowest BCUT2D eigenvalue weighted by molar-refractivity contribution is 0.544. The molecular formula is C13H20N2S2. The van der Waals surface area contributed by atoms with Crippen molar-refractivity contribution >= 4 is 23.6 Å². The normalized spacial score (nSPS) is 21.1. The fourth-order valence-electron chi connectivity index (χ4n) is 2.99. The monoisotopic (exact) mass is 268 g/mol. The van der Waals surface area contributed by atoms with Crippen LogP contribution in [0.15, 0.2) is 0 Å². The second-order valence-electron chi connectivity index (χ2n) is 5.12. The summed E-state index contributed by atoms with van der Waals surface area (Å²) in [5.74, 6) is 0. The molecule has 1 fully saturated rings. The van der Waals surface area contributed by atoms with Crippen molar-refractivity contribution < 1.29 is 0 Å². The maximum Gasteiger partial charge on any atom is 0.180 e. The Morgan fingerprint density at radius 1 is 0.882 bits per heavy atom. The van der Waals surface area contributed by atoms with Crippen molar-refractivity contribution in [3.63, 3.8) is 0 Å². The van der Waals surface area contributed by atoms with Crippen LogP contribution in [0.1, 0.15) is 49.1 Å². The van der Waals surface area contributed by atoms with Crippen molar-refractivity contribution in [3.8, 4) is 0 Å². The average Bonchev–Trinajstić information content (AvgIpc) is 2.53. The van der Waals surface area contributed by atoms with Gasteiger partial charge in [0.1, 0.15) is 0 Å². The van der Waals surface area contributed by atoms with Gasteiger partial charge in [-0.15, -0.1) is 11.3 Å². The molecule has 3 rings (SSSR count). The van der Waals surface area contributed by atoms with E-state index in [2.05, 4.69) is 9.69 Å². The third-order valence-corrected chi connectivity index (χ3v) is 5.35. The van der Waals surface area contributed by atoms with Crippen LogP contribution < -0.4 is 5.01 Å². The second kappa shape index (κ2) is 5.11. The van der Waals surface area contributed by atoms with Crippen LogP contribution in [0.5, 0.6) is 0 Å². The number of hydrogen-bond acceptors (Lipinski definition) is 3. The molecule has 17 heavy (non-hydrogen) atoms. The van der Waals surface area contributed by atoms with Gasteiger partial charge in [-0.05, 0) is 50.7 Å². The molecule has 0 radical (unpaired) electrons. The number of thiazole rings is 1. The lowest BCUT2D eigenvalue weighted by atomic mass is 10.0. The van der Waals surface area contributed by atoms with Gasteiger partial charge in [-0.3, -0.25) is 0 Å². The molecule has 2 aliphatic rings. The van der Waals surface area contributed by atoms with E-state index >= 15 is 0 Å². The summed E-state index contributed by atoms with van der Waals surface area (Å²) < 4.78 is 3.47. The first kappa shape index (κ1) is 11.7. The van der Waals surface area contributed by atoms with Crippen LogP contribution in [0.25, 0.3) is 0 Å². The third kappa shape index (κ3) is 2.29. The van der Waals surface area contributed by atoms with Crippen molar-refractivity contribution in [2.24, 2.45) is 0 Å². The topological polar surface area (TPSA) is 8.17 Å². The fraction of sp³-hybridized carbons (Fsp3) is 0.769. The Kier molecular flexibility index (Phi) is 3.52. The molecule has 0 aromatic carbocycles. The Balaban J connectivity index is 1.95. The zero-order valence-corrected chi connectivity index (χ0v) is 11.9. The molecule has 0 N–H and O–H groups in total. The molecule has 2 nitrogen and oxygen atoms in total. The highest BCUT2D eigenvalue weighted by atomic mass is 32.1. The van der Waals surface area contributed by atoms with Gasteiger partial charge in [0.2, 0.25) is 0 Å². The van der Waals surface area contributed by atoms with Gasteiger partial charge in [0, 0.05) is 18.0 Å². The first-order valence-corrected chi connectivity index (χ1v) is 8.07. The van der Waals surface area contributed by atoms with E-state index < -0.39 is 0 Å². The molecule has 1 aliphatic carbocycles. The second-order valence-corrected chi connectivity index (χ2v) is 6.85. The first-order chi connectivity index (χ1) is 8.36. The zero-order valence-electron chi connectivity index (χ0n) is 10.3. The van der Waals surface area contributed by atoms with E-state index in [1.807, 2.05) is 11.3 Å². The minimum absolute atomic E-state index is 1.08. The minimum Gasteiger partial charge on any atom is -0.311 e. The van der Waals surface area contributed by atoms with E-state index in [9.17, 15) is 0 Å². The van der Waals surface area contributed by atoms with Crippen LogP contribution in [-0.2, 0) is 12.8 Å². The summed E-state index contributed by atoms with van der Waals surface area (Å²) in [4.78, 5) is 1.56. The SMILES string of the molecule is S=c1sc2c(n1N1CCCCCC1)CCCC2. The standard InChI is InChI=1S/C13H20N2S2/c16-13-15(14-9-5-1-2-6-10-14)11-7-3-4-8-12(11)17-13/h1-10H2. The molecule has 1 aromatic rings. The highest BCUT2D eigenvalue weighted by molar-refractivity contribution is 7.73. The van der Waals surface area contributed by atoms with Crippen LogP contribution in [0.2, 0.25) is 0 Å². The summed E-state index contributed by atoms with van der Waals surface area (Å²) in [6, 6.07) is 0. The smallest absolute Gasteiger partial charge is 0.180 e. The molecule has 2 heterocycles. The molecule has 0 saturated carbocycles. The van der Waals surface area contributed by atoms with Crippen molar-refractivity contribution in [1.29, 1.82) is 0 Å². The largest absolute Gasteiger partial charge is 0.311 e. The molecule has 4 heteroatoms. The molecule has 1 aliphatic heterocycles. The van der Waals surface area contributed by atoms with E-state index in [0.717, 1.165) is 3.95 Å². The summed E-state index contributed by atoms with van der Waals surface area (Å²) in [5, 5.41) is 2.51. The highest BCUT2D eigenvalue weighted by Gasteiger charge is 2.20. The molecule has 94 valence electrons. The molecule has 0 atom stereocenters. The van der Waals surface area contributed by atoms with Crippen LogP contribution >= 0.6 is 23.6 Å². The molecule has 1 aromatic heterocycles. The summed E-state index contributed by atoms with van der Waals surface area (Å²) in [7, 11) is 0. The van der Waals surface area contributed by atoms with Crippen LogP contribution in [0.3, 0.4) is 0 Å². The van der Waals surface area contributed by atoms with Crippen LogP contribution in [-0.4, -0.2) is 17.8 Å². The van der Waals surface area contributed by atoms with Gasteiger partial charge >= 0.3 is 0 Å². The van der Waals surface area contributed by atoms with E-state index in [4.69, 9.17) is 12.2 Å².